The van der Waals surface area contributed by atoms with E-state index < -0.39 is 6.10 Å². The van der Waals surface area contributed by atoms with E-state index in [0.717, 1.165) is 31.5 Å². The molecule has 0 saturated carbocycles. The Kier molecular flexibility index (Phi) is 4.33. The minimum atomic E-state index is -0.860. The maximum absolute atomic E-state index is 12.0. The number of aliphatic hydroxyl groups excluding tert-OH is 1. The molecule has 1 atom stereocenters. The van der Waals surface area contributed by atoms with Gasteiger partial charge in [0, 0.05) is 6.42 Å². The Hall–Kier alpha value is -1.39. The van der Waals surface area contributed by atoms with E-state index in [1.54, 1.807) is 24.3 Å². The van der Waals surface area contributed by atoms with E-state index in [2.05, 4.69) is 5.32 Å². The summed E-state index contributed by atoms with van der Waals surface area (Å²) in [6.45, 7) is 1.74. The van der Waals surface area contributed by atoms with Crippen LogP contribution in [0.5, 0.6) is 5.75 Å². The van der Waals surface area contributed by atoms with Crippen molar-refractivity contribution in [1.82, 2.24) is 5.32 Å². The number of hydrogen-bond acceptors (Lipinski definition) is 4. The zero-order valence-corrected chi connectivity index (χ0v) is 10.3. The molecule has 0 spiro atoms. The molecule has 4 nitrogen and oxygen atoms in total. The molecule has 2 rings (SSSR count). The Bertz CT molecular complexity index is 396. The number of carbonyl (C=O) groups is 1. The lowest BCUT2D eigenvalue weighted by molar-refractivity contribution is -0.129. The van der Waals surface area contributed by atoms with E-state index in [0.29, 0.717) is 0 Å². The molecule has 18 heavy (non-hydrogen) atoms. The average molecular weight is 249 g/mol. The largest absolute Gasteiger partial charge is 0.508 e. The van der Waals surface area contributed by atoms with Crippen molar-refractivity contribution in [3.63, 3.8) is 0 Å². The summed E-state index contributed by atoms with van der Waals surface area (Å²) in [4.78, 5) is 12.0. The van der Waals surface area contributed by atoms with Gasteiger partial charge >= 0.3 is 0 Å². The minimum Gasteiger partial charge on any atom is -0.508 e. The highest BCUT2D eigenvalue weighted by atomic mass is 16.3. The number of rotatable bonds is 4. The predicted octanol–water partition coefficient (Wildman–Crippen LogP) is 0.864. The zero-order valence-electron chi connectivity index (χ0n) is 10.3. The van der Waals surface area contributed by atoms with Gasteiger partial charge in [-0.1, -0.05) is 12.1 Å². The molecule has 0 aromatic heterocycles. The van der Waals surface area contributed by atoms with E-state index in [1.165, 1.54) is 0 Å². The summed E-state index contributed by atoms with van der Waals surface area (Å²) >= 11 is 0. The highest BCUT2D eigenvalue weighted by Gasteiger charge is 2.27. The maximum atomic E-state index is 12.0. The summed E-state index contributed by atoms with van der Waals surface area (Å²) in [6, 6.07) is 6.53. The molecule has 98 valence electrons. The normalized spacial score (nSPS) is 18.5. The third-order valence-corrected chi connectivity index (χ3v) is 3.47. The first-order chi connectivity index (χ1) is 8.66. The van der Waals surface area contributed by atoms with Crippen LogP contribution in [0, 0.1) is 5.92 Å². The van der Waals surface area contributed by atoms with Crippen molar-refractivity contribution in [3.05, 3.63) is 29.8 Å². The minimum absolute atomic E-state index is 0.0795. The van der Waals surface area contributed by atoms with Gasteiger partial charge in [0.2, 0.25) is 0 Å². The van der Waals surface area contributed by atoms with Gasteiger partial charge in [0.15, 0.2) is 5.78 Å². The molecule has 0 amide bonds. The zero-order chi connectivity index (χ0) is 13.0. The van der Waals surface area contributed by atoms with Crippen LogP contribution in [0.3, 0.4) is 0 Å². The summed E-state index contributed by atoms with van der Waals surface area (Å²) in [6.07, 6.45) is 1.07. The van der Waals surface area contributed by atoms with Crippen molar-refractivity contribution in [3.8, 4) is 5.75 Å². The van der Waals surface area contributed by atoms with Gasteiger partial charge in [-0.2, -0.15) is 0 Å². The Labute approximate surface area is 107 Å². The second kappa shape index (κ2) is 5.98. The van der Waals surface area contributed by atoms with Crippen LogP contribution < -0.4 is 5.32 Å². The number of phenols is 1. The third kappa shape index (κ3) is 3.31. The fourth-order valence-corrected chi connectivity index (χ4v) is 2.34. The summed E-state index contributed by atoms with van der Waals surface area (Å²) in [7, 11) is 0. The third-order valence-electron chi connectivity index (χ3n) is 3.47. The van der Waals surface area contributed by atoms with Crippen LogP contribution in [-0.2, 0) is 11.2 Å². The molecule has 4 heteroatoms. The van der Waals surface area contributed by atoms with Crippen LogP contribution in [0.25, 0.3) is 0 Å². The maximum Gasteiger partial charge on any atom is 0.165 e. The van der Waals surface area contributed by atoms with E-state index >= 15 is 0 Å². The molecule has 1 saturated heterocycles. The first-order valence-corrected chi connectivity index (χ1v) is 6.36. The lowest BCUT2D eigenvalue weighted by Crippen LogP contribution is -2.38. The lowest BCUT2D eigenvalue weighted by Gasteiger charge is -2.26. The van der Waals surface area contributed by atoms with Crippen LogP contribution >= 0.6 is 0 Å². The summed E-state index contributed by atoms with van der Waals surface area (Å²) in [5.74, 6) is 0.133. The number of hydrogen-bond donors (Lipinski definition) is 3. The van der Waals surface area contributed by atoms with Crippen molar-refractivity contribution >= 4 is 5.78 Å². The quantitative estimate of drug-likeness (QED) is 0.740. The second-order valence-corrected chi connectivity index (χ2v) is 4.84. The molecular formula is C14H19NO3. The number of benzene rings is 1. The molecule has 0 bridgehead atoms. The highest BCUT2D eigenvalue weighted by molar-refractivity contribution is 5.85. The molecule has 3 N–H and O–H groups in total. The molecule has 1 aromatic rings. The molecule has 1 aliphatic rings. The smallest absolute Gasteiger partial charge is 0.165 e. The number of piperidine rings is 1. The van der Waals surface area contributed by atoms with Crippen LogP contribution in [0.1, 0.15) is 18.4 Å². The number of aromatic hydroxyl groups is 1. The van der Waals surface area contributed by atoms with E-state index in [9.17, 15) is 9.90 Å². The molecule has 1 fully saturated rings. The van der Waals surface area contributed by atoms with Gasteiger partial charge in [0.05, 0.1) is 0 Å². The number of carbonyl (C=O) groups excluding carboxylic acids is 1. The van der Waals surface area contributed by atoms with E-state index in [1.807, 2.05) is 0 Å². The van der Waals surface area contributed by atoms with Gasteiger partial charge in [0.25, 0.3) is 0 Å². The van der Waals surface area contributed by atoms with Gasteiger partial charge < -0.3 is 15.5 Å². The van der Waals surface area contributed by atoms with Gasteiger partial charge in [-0.25, -0.2) is 0 Å². The van der Waals surface area contributed by atoms with Crippen LogP contribution in [-0.4, -0.2) is 35.2 Å². The number of phenolic OH excluding ortho intramolecular Hbond substituents is 1. The lowest BCUT2D eigenvalue weighted by atomic mass is 9.88. The summed E-state index contributed by atoms with van der Waals surface area (Å²) in [5.41, 5.74) is 0.825. The monoisotopic (exact) mass is 249 g/mol. The van der Waals surface area contributed by atoms with Gasteiger partial charge in [0.1, 0.15) is 11.9 Å². The summed E-state index contributed by atoms with van der Waals surface area (Å²) in [5, 5.41) is 22.4. The van der Waals surface area contributed by atoms with E-state index in [4.69, 9.17) is 5.11 Å². The van der Waals surface area contributed by atoms with Gasteiger partial charge in [-0.05, 0) is 49.5 Å². The molecule has 0 aliphatic carbocycles. The van der Waals surface area contributed by atoms with Crippen molar-refractivity contribution in [2.75, 3.05) is 13.1 Å². The van der Waals surface area contributed by atoms with Crippen LogP contribution in [0.15, 0.2) is 24.3 Å². The molecule has 1 aromatic carbocycles. The molecule has 1 unspecified atom stereocenters. The Balaban J connectivity index is 1.92. The number of ketones is 1. The van der Waals surface area contributed by atoms with Crippen molar-refractivity contribution in [2.24, 2.45) is 5.92 Å². The van der Waals surface area contributed by atoms with Crippen LogP contribution in [0.4, 0.5) is 0 Å². The Morgan fingerprint density at radius 3 is 2.50 bits per heavy atom. The van der Waals surface area contributed by atoms with Gasteiger partial charge in [-0.15, -0.1) is 0 Å². The topological polar surface area (TPSA) is 69.6 Å². The SMILES string of the molecule is O=C(Cc1ccc(O)cc1)C(O)C1CCNCC1. The standard InChI is InChI=1S/C14H19NO3/c16-12-3-1-10(2-4-12)9-13(17)14(18)11-5-7-15-8-6-11/h1-4,11,14-16,18H,5-9H2. The number of Topliss-reactive ketones (excluding diaryl/α,β-unsaturated/α-hetero) is 1. The number of nitrogens with one attached hydrogen (secondary N) is 1. The number of aliphatic hydroxyl groups is 1. The first kappa shape index (κ1) is 13.1. The Morgan fingerprint density at radius 2 is 1.89 bits per heavy atom. The Morgan fingerprint density at radius 1 is 1.28 bits per heavy atom. The molecular weight excluding hydrogens is 230 g/mol. The fraction of sp³-hybridized carbons (Fsp3) is 0.500. The van der Waals surface area contributed by atoms with Crippen molar-refractivity contribution in [1.29, 1.82) is 0 Å². The molecule has 0 radical (unpaired) electrons. The van der Waals surface area contributed by atoms with Crippen molar-refractivity contribution in [2.45, 2.75) is 25.4 Å². The average Bonchev–Trinajstić information content (AvgIpc) is 2.41. The predicted molar refractivity (Wildman–Crippen MR) is 68.4 cm³/mol. The summed E-state index contributed by atoms with van der Waals surface area (Å²) < 4.78 is 0. The highest BCUT2D eigenvalue weighted by Crippen LogP contribution is 2.19. The van der Waals surface area contributed by atoms with E-state index in [-0.39, 0.29) is 23.9 Å². The first-order valence-electron chi connectivity index (χ1n) is 6.36. The molecule has 1 heterocycles. The second-order valence-electron chi connectivity index (χ2n) is 4.84. The van der Waals surface area contributed by atoms with Crippen LogP contribution in [0.2, 0.25) is 0 Å². The fourth-order valence-electron chi connectivity index (χ4n) is 2.34. The van der Waals surface area contributed by atoms with Gasteiger partial charge in [-0.3, -0.25) is 4.79 Å². The van der Waals surface area contributed by atoms with Crippen molar-refractivity contribution < 1.29 is 15.0 Å². The molecule has 1 aliphatic heterocycles.